The van der Waals surface area contributed by atoms with Gasteiger partial charge in [-0.15, -0.1) is 0 Å². The van der Waals surface area contributed by atoms with E-state index in [0.29, 0.717) is 10.9 Å². The van der Waals surface area contributed by atoms with Gasteiger partial charge < -0.3 is 4.57 Å². The number of nitrogens with zero attached hydrogens (tertiary/aromatic N) is 1. The molecule has 4 heteroatoms. The Bertz CT molecular complexity index is 469. The van der Waals surface area contributed by atoms with Crippen molar-refractivity contribution in [3.63, 3.8) is 0 Å². The fourth-order valence-electron chi connectivity index (χ4n) is 1.56. The third-order valence-corrected chi connectivity index (χ3v) is 2.24. The zero-order chi connectivity index (χ0) is 12.3. The number of benzene rings is 1. The highest BCUT2D eigenvalue weighted by atomic mass is 19.4. The molecule has 2 aromatic rings. The van der Waals surface area contributed by atoms with Gasteiger partial charge in [-0.1, -0.05) is 32.0 Å². The highest BCUT2D eigenvalue weighted by molar-refractivity contribution is 5.81. The van der Waals surface area contributed by atoms with E-state index in [-0.39, 0.29) is 0 Å². The maximum absolute atomic E-state index is 12.5. The minimum Gasteiger partial charge on any atom is -0.340 e. The summed E-state index contributed by atoms with van der Waals surface area (Å²) in [5.41, 5.74) is -0.0153. The molecule has 0 spiro atoms. The van der Waals surface area contributed by atoms with E-state index in [4.69, 9.17) is 0 Å². The molecular weight excluding hydrogens is 215 g/mol. The second-order valence-electron chi connectivity index (χ2n) is 3.15. The summed E-state index contributed by atoms with van der Waals surface area (Å²) in [7, 11) is 1.42. The Morgan fingerprint density at radius 1 is 1.06 bits per heavy atom. The number of aromatic nitrogens is 1. The number of aryl methyl sites for hydroxylation is 1. The van der Waals surface area contributed by atoms with Gasteiger partial charge in [-0.2, -0.15) is 13.2 Å². The van der Waals surface area contributed by atoms with E-state index in [9.17, 15) is 13.2 Å². The highest BCUT2D eigenvalue weighted by Crippen LogP contribution is 2.32. The molecule has 0 aliphatic heterocycles. The molecule has 0 unspecified atom stereocenters. The smallest absolute Gasteiger partial charge is 0.340 e. The molecule has 0 saturated heterocycles. The number of hydrogen-bond acceptors (Lipinski definition) is 0. The predicted molar refractivity (Wildman–Crippen MR) is 59.3 cm³/mol. The van der Waals surface area contributed by atoms with E-state index in [1.54, 1.807) is 24.3 Å². The van der Waals surface area contributed by atoms with Gasteiger partial charge in [0, 0.05) is 18.0 Å². The third kappa shape index (κ3) is 2.21. The molecule has 0 bridgehead atoms. The lowest BCUT2D eigenvalue weighted by molar-refractivity contribution is -0.142. The Hall–Kier alpha value is -1.45. The molecule has 16 heavy (non-hydrogen) atoms. The van der Waals surface area contributed by atoms with Crippen molar-refractivity contribution in [1.29, 1.82) is 0 Å². The van der Waals surface area contributed by atoms with E-state index in [1.165, 1.54) is 7.05 Å². The lowest BCUT2D eigenvalue weighted by Crippen LogP contribution is -2.10. The summed E-state index contributed by atoms with van der Waals surface area (Å²) >= 11 is 0. The largest absolute Gasteiger partial charge is 0.431 e. The summed E-state index contributed by atoms with van der Waals surface area (Å²) in [4.78, 5) is 0. The van der Waals surface area contributed by atoms with Gasteiger partial charge in [0.15, 0.2) is 0 Å². The summed E-state index contributed by atoms with van der Waals surface area (Å²) in [6, 6.07) is 7.95. The number of fused-ring (bicyclic) bond motifs is 1. The standard InChI is InChI=1S/C10H8F3N.C2H6/c1-14-8-5-3-2-4-7(8)6-9(14)10(11,12)13;1-2/h2-6H,1H3;1-2H3. The minimum absolute atomic E-state index is 0.597. The molecule has 0 atom stereocenters. The second-order valence-corrected chi connectivity index (χ2v) is 3.15. The Morgan fingerprint density at radius 3 is 2.12 bits per heavy atom. The minimum atomic E-state index is -4.28. The Labute approximate surface area is 92.5 Å². The Balaban J connectivity index is 0.000000606. The van der Waals surface area contributed by atoms with Crippen LogP contribution in [0.15, 0.2) is 30.3 Å². The highest BCUT2D eigenvalue weighted by Gasteiger charge is 2.34. The zero-order valence-electron chi connectivity index (χ0n) is 9.47. The van der Waals surface area contributed by atoms with Crippen molar-refractivity contribution in [1.82, 2.24) is 4.57 Å². The second kappa shape index (κ2) is 4.60. The first-order valence-electron chi connectivity index (χ1n) is 5.12. The van der Waals surface area contributed by atoms with Crippen LogP contribution >= 0.6 is 0 Å². The molecule has 2 rings (SSSR count). The summed E-state index contributed by atoms with van der Waals surface area (Å²) in [6.07, 6.45) is -4.28. The van der Waals surface area contributed by atoms with Gasteiger partial charge in [0.05, 0.1) is 0 Å². The van der Waals surface area contributed by atoms with Crippen molar-refractivity contribution in [3.8, 4) is 0 Å². The Morgan fingerprint density at radius 2 is 1.62 bits per heavy atom. The van der Waals surface area contributed by atoms with Crippen LogP contribution < -0.4 is 0 Å². The van der Waals surface area contributed by atoms with Crippen LogP contribution in [0.1, 0.15) is 19.5 Å². The van der Waals surface area contributed by atoms with Crippen LogP contribution in [0.2, 0.25) is 0 Å². The molecule has 0 aliphatic rings. The topological polar surface area (TPSA) is 4.93 Å². The van der Waals surface area contributed by atoms with Crippen molar-refractivity contribution in [2.24, 2.45) is 7.05 Å². The fourth-order valence-corrected chi connectivity index (χ4v) is 1.56. The number of alkyl halides is 3. The number of halogens is 3. The summed E-state index contributed by atoms with van der Waals surface area (Å²) in [5, 5.41) is 0.613. The van der Waals surface area contributed by atoms with E-state index in [1.807, 2.05) is 13.8 Å². The van der Waals surface area contributed by atoms with Crippen molar-refractivity contribution in [3.05, 3.63) is 36.0 Å². The molecule has 0 saturated carbocycles. The zero-order valence-corrected chi connectivity index (χ0v) is 9.47. The fraction of sp³-hybridized carbons (Fsp3) is 0.333. The van der Waals surface area contributed by atoms with Crippen LogP contribution in [-0.2, 0) is 13.2 Å². The monoisotopic (exact) mass is 229 g/mol. The molecule has 0 radical (unpaired) electrons. The third-order valence-electron chi connectivity index (χ3n) is 2.24. The average molecular weight is 229 g/mol. The maximum atomic E-state index is 12.5. The molecule has 0 aliphatic carbocycles. The van der Waals surface area contributed by atoms with Crippen molar-refractivity contribution < 1.29 is 13.2 Å². The van der Waals surface area contributed by atoms with Gasteiger partial charge in [0.2, 0.25) is 0 Å². The van der Waals surface area contributed by atoms with Crippen LogP contribution in [-0.4, -0.2) is 4.57 Å². The van der Waals surface area contributed by atoms with E-state index >= 15 is 0 Å². The molecule has 0 amide bonds. The van der Waals surface area contributed by atoms with E-state index in [2.05, 4.69) is 0 Å². The predicted octanol–water partition coefficient (Wildman–Crippen LogP) is 4.22. The first-order valence-corrected chi connectivity index (χ1v) is 5.12. The van der Waals surface area contributed by atoms with Crippen molar-refractivity contribution >= 4 is 10.9 Å². The summed E-state index contributed by atoms with van der Waals surface area (Å²) < 4.78 is 38.6. The average Bonchev–Trinajstić information content (AvgIpc) is 2.60. The van der Waals surface area contributed by atoms with Crippen LogP contribution in [0, 0.1) is 0 Å². The molecule has 0 N–H and O–H groups in total. The lowest BCUT2D eigenvalue weighted by atomic mass is 10.2. The van der Waals surface area contributed by atoms with Crippen molar-refractivity contribution in [2.45, 2.75) is 20.0 Å². The van der Waals surface area contributed by atoms with Gasteiger partial charge in [0.25, 0.3) is 0 Å². The molecular formula is C12H14F3N. The van der Waals surface area contributed by atoms with Gasteiger partial charge >= 0.3 is 6.18 Å². The van der Waals surface area contributed by atoms with Gasteiger partial charge in [0.1, 0.15) is 5.69 Å². The summed E-state index contributed by atoms with van der Waals surface area (Å²) in [5.74, 6) is 0. The number of para-hydroxylation sites is 1. The molecule has 1 nitrogen and oxygen atoms in total. The van der Waals surface area contributed by atoms with Crippen LogP contribution in [0.4, 0.5) is 13.2 Å². The first-order chi connectivity index (χ1) is 7.50. The molecule has 0 fully saturated rings. The van der Waals surface area contributed by atoms with Gasteiger partial charge in [-0.3, -0.25) is 0 Å². The number of rotatable bonds is 0. The molecule has 1 aromatic carbocycles. The summed E-state index contributed by atoms with van der Waals surface area (Å²) in [6.45, 7) is 4.00. The van der Waals surface area contributed by atoms with E-state index < -0.39 is 11.9 Å². The molecule has 88 valence electrons. The molecule has 1 heterocycles. The Kier molecular flexibility index (Phi) is 3.62. The lowest BCUT2D eigenvalue weighted by Gasteiger charge is -2.07. The number of hydrogen-bond donors (Lipinski definition) is 0. The SMILES string of the molecule is CC.Cn1c(C(F)(F)F)cc2ccccc21. The van der Waals surface area contributed by atoms with Gasteiger partial charge in [-0.25, -0.2) is 0 Å². The van der Waals surface area contributed by atoms with Gasteiger partial charge in [-0.05, 0) is 12.1 Å². The van der Waals surface area contributed by atoms with Crippen LogP contribution in [0.3, 0.4) is 0 Å². The van der Waals surface area contributed by atoms with Crippen molar-refractivity contribution in [2.75, 3.05) is 0 Å². The van der Waals surface area contributed by atoms with Crippen LogP contribution in [0.25, 0.3) is 10.9 Å². The maximum Gasteiger partial charge on any atom is 0.431 e. The normalized spacial score (nSPS) is 11.1. The van der Waals surface area contributed by atoms with Crippen LogP contribution in [0.5, 0.6) is 0 Å². The molecule has 1 aromatic heterocycles. The first kappa shape index (κ1) is 12.6. The quantitative estimate of drug-likeness (QED) is 0.637. The van der Waals surface area contributed by atoms with E-state index in [0.717, 1.165) is 10.6 Å².